The summed E-state index contributed by atoms with van der Waals surface area (Å²) < 4.78 is 0. The van der Waals surface area contributed by atoms with Crippen molar-refractivity contribution in [3.05, 3.63) is 42.1 Å². The average Bonchev–Trinajstić information content (AvgIpc) is 2.44. The Hall–Kier alpha value is -1.45. The van der Waals surface area contributed by atoms with Crippen LogP contribution in [-0.2, 0) is 6.54 Å². The Morgan fingerprint density at radius 2 is 1.90 bits per heavy atom. The molecule has 3 nitrogen and oxygen atoms in total. The number of aromatic nitrogens is 1. The maximum atomic E-state index is 4.59. The first kappa shape index (κ1) is 14.5. The number of para-hydroxylation sites is 1. The highest BCUT2D eigenvalue weighted by Crippen LogP contribution is 2.27. The Morgan fingerprint density at radius 1 is 1.14 bits per heavy atom. The van der Waals surface area contributed by atoms with E-state index in [1.165, 1.54) is 10.9 Å². The largest absolute Gasteiger partial charge is 0.309 e. The summed E-state index contributed by atoms with van der Waals surface area (Å²) in [6, 6.07) is 10.6. The van der Waals surface area contributed by atoms with Crippen LogP contribution < -0.4 is 5.32 Å². The second kappa shape index (κ2) is 5.08. The first-order valence-corrected chi connectivity index (χ1v) is 7.70. The van der Waals surface area contributed by atoms with Gasteiger partial charge in [-0.2, -0.15) is 0 Å². The molecule has 1 N–H and O–H groups in total. The molecule has 0 unspecified atom stereocenters. The van der Waals surface area contributed by atoms with Crippen molar-refractivity contribution in [3.63, 3.8) is 0 Å². The van der Waals surface area contributed by atoms with E-state index in [2.05, 4.69) is 67.2 Å². The minimum Gasteiger partial charge on any atom is -0.309 e. The van der Waals surface area contributed by atoms with E-state index in [4.69, 9.17) is 0 Å². The van der Waals surface area contributed by atoms with E-state index in [1.807, 2.05) is 12.3 Å². The summed E-state index contributed by atoms with van der Waals surface area (Å²) in [5.41, 5.74) is 2.77. The fourth-order valence-corrected chi connectivity index (χ4v) is 3.08. The lowest BCUT2D eigenvalue weighted by Gasteiger charge is -2.49. The van der Waals surface area contributed by atoms with Crippen LogP contribution in [0, 0.1) is 0 Å². The molecule has 0 aliphatic carbocycles. The smallest absolute Gasteiger partial charge is 0.0746 e. The van der Waals surface area contributed by atoms with Crippen molar-refractivity contribution in [1.82, 2.24) is 15.2 Å². The molecular formula is C18H25N3. The van der Waals surface area contributed by atoms with Gasteiger partial charge in [0.05, 0.1) is 5.52 Å². The van der Waals surface area contributed by atoms with Crippen LogP contribution in [0.3, 0.4) is 0 Å². The van der Waals surface area contributed by atoms with Crippen LogP contribution in [0.4, 0.5) is 0 Å². The lowest BCUT2D eigenvalue weighted by Crippen LogP contribution is -2.65. The number of rotatable bonds is 2. The van der Waals surface area contributed by atoms with Gasteiger partial charge >= 0.3 is 0 Å². The molecule has 0 saturated carbocycles. The number of nitrogens with one attached hydrogen (secondary N) is 1. The van der Waals surface area contributed by atoms with Gasteiger partial charge in [-0.05, 0) is 39.3 Å². The fourth-order valence-electron chi connectivity index (χ4n) is 3.08. The topological polar surface area (TPSA) is 28.2 Å². The van der Waals surface area contributed by atoms with Gasteiger partial charge in [0.15, 0.2) is 0 Å². The Morgan fingerprint density at radius 3 is 2.71 bits per heavy atom. The quantitative estimate of drug-likeness (QED) is 0.917. The number of pyridine rings is 1. The van der Waals surface area contributed by atoms with E-state index in [9.17, 15) is 0 Å². The molecule has 1 saturated heterocycles. The molecule has 1 aromatic heterocycles. The highest BCUT2D eigenvalue weighted by atomic mass is 15.3. The predicted molar refractivity (Wildman–Crippen MR) is 88.3 cm³/mol. The zero-order valence-electron chi connectivity index (χ0n) is 13.5. The highest BCUT2D eigenvalue weighted by Gasteiger charge is 2.37. The molecule has 0 atom stereocenters. The third kappa shape index (κ3) is 2.94. The van der Waals surface area contributed by atoms with Crippen molar-refractivity contribution < 1.29 is 0 Å². The Balaban J connectivity index is 1.93. The first-order valence-electron chi connectivity index (χ1n) is 7.70. The molecule has 21 heavy (non-hydrogen) atoms. The summed E-state index contributed by atoms with van der Waals surface area (Å²) >= 11 is 0. The lowest BCUT2D eigenvalue weighted by molar-refractivity contribution is 0.0327. The van der Waals surface area contributed by atoms with Crippen LogP contribution in [0.2, 0.25) is 0 Å². The van der Waals surface area contributed by atoms with Crippen molar-refractivity contribution in [2.24, 2.45) is 0 Å². The van der Waals surface area contributed by atoms with Crippen LogP contribution in [-0.4, -0.2) is 34.1 Å². The van der Waals surface area contributed by atoms with E-state index in [0.29, 0.717) is 0 Å². The van der Waals surface area contributed by atoms with Gasteiger partial charge < -0.3 is 5.32 Å². The normalized spacial score (nSPS) is 21.5. The molecule has 1 fully saturated rings. The summed E-state index contributed by atoms with van der Waals surface area (Å²) in [5.74, 6) is 0. The van der Waals surface area contributed by atoms with Crippen LogP contribution >= 0.6 is 0 Å². The van der Waals surface area contributed by atoms with Gasteiger partial charge in [0.1, 0.15) is 0 Å². The zero-order valence-corrected chi connectivity index (χ0v) is 13.5. The molecule has 1 aliphatic rings. The van der Waals surface area contributed by atoms with E-state index >= 15 is 0 Å². The summed E-state index contributed by atoms with van der Waals surface area (Å²) in [4.78, 5) is 7.16. The van der Waals surface area contributed by atoms with E-state index in [1.54, 1.807) is 0 Å². The van der Waals surface area contributed by atoms with Gasteiger partial charge in [0.2, 0.25) is 0 Å². The zero-order chi connectivity index (χ0) is 15.1. The maximum Gasteiger partial charge on any atom is 0.0746 e. The first-order chi connectivity index (χ1) is 9.87. The number of nitrogens with zero attached hydrogens (tertiary/aromatic N) is 2. The molecule has 2 heterocycles. The van der Waals surface area contributed by atoms with Gasteiger partial charge in [-0.15, -0.1) is 0 Å². The molecule has 112 valence electrons. The summed E-state index contributed by atoms with van der Waals surface area (Å²) in [7, 11) is 0. The second-order valence-electron chi connectivity index (χ2n) is 7.40. The molecule has 2 aromatic rings. The van der Waals surface area contributed by atoms with Crippen molar-refractivity contribution >= 4 is 10.9 Å². The molecule has 1 aliphatic heterocycles. The molecule has 1 aromatic carbocycles. The molecule has 3 heteroatoms. The second-order valence-corrected chi connectivity index (χ2v) is 7.40. The van der Waals surface area contributed by atoms with Crippen molar-refractivity contribution in [1.29, 1.82) is 0 Å². The van der Waals surface area contributed by atoms with Crippen molar-refractivity contribution in [2.75, 3.05) is 13.1 Å². The number of benzene rings is 1. The third-order valence-electron chi connectivity index (χ3n) is 4.52. The Kier molecular flexibility index (Phi) is 3.50. The summed E-state index contributed by atoms with van der Waals surface area (Å²) in [5, 5.41) is 4.87. The number of fused-ring (bicyclic) bond motifs is 1. The number of hydrogen-bond donors (Lipinski definition) is 1. The number of hydrogen-bond acceptors (Lipinski definition) is 3. The van der Waals surface area contributed by atoms with Crippen LogP contribution in [0.15, 0.2) is 36.5 Å². The van der Waals surface area contributed by atoms with Crippen LogP contribution in [0.25, 0.3) is 10.9 Å². The molecular weight excluding hydrogens is 258 g/mol. The van der Waals surface area contributed by atoms with E-state index in [-0.39, 0.29) is 11.1 Å². The minimum atomic E-state index is 0.159. The van der Waals surface area contributed by atoms with Gasteiger partial charge in [-0.25, -0.2) is 0 Å². The highest BCUT2D eigenvalue weighted by molar-refractivity contribution is 5.81. The minimum absolute atomic E-state index is 0.159. The maximum absolute atomic E-state index is 4.59. The summed E-state index contributed by atoms with van der Waals surface area (Å²) in [6.07, 6.45) is 1.89. The third-order valence-corrected chi connectivity index (χ3v) is 4.52. The SMILES string of the molecule is CC1(C)CN(Cc2cccc3cccnc23)C(C)(C)CN1. The average molecular weight is 283 g/mol. The standard InChI is InChI=1S/C18H25N3/c1-17(2)13-21(18(3,4)12-20-17)11-15-8-5-7-14-9-6-10-19-16(14)15/h5-10,20H,11-13H2,1-4H3. The number of piperazine rings is 1. The van der Waals surface area contributed by atoms with Crippen molar-refractivity contribution in [2.45, 2.75) is 45.3 Å². The van der Waals surface area contributed by atoms with Crippen LogP contribution in [0.5, 0.6) is 0 Å². The van der Waals surface area contributed by atoms with Gasteiger partial charge in [-0.1, -0.05) is 24.3 Å². The lowest BCUT2D eigenvalue weighted by atomic mass is 9.91. The van der Waals surface area contributed by atoms with E-state index in [0.717, 1.165) is 25.2 Å². The molecule has 0 bridgehead atoms. The summed E-state index contributed by atoms with van der Waals surface area (Å²) in [6.45, 7) is 12.2. The van der Waals surface area contributed by atoms with Crippen molar-refractivity contribution in [3.8, 4) is 0 Å². The van der Waals surface area contributed by atoms with Gasteiger partial charge in [0, 0.05) is 42.3 Å². The Labute approximate surface area is 127 Å². The fraction of sp³-hybridized carbons (Fsp3) is 0.500. The monoisotopic (exact) mass is 283 g/mol. The van der Waals surface area contributed by atoms with Gasteiger partial charge in [0.25, 0.3) is 0 Å². The Bertz CT molecular complexity index is 640. The molecule has 0 spiro atoms. The predicted octanol–water partition coefficient (Wildman–Crippen LogP) is 3.20. The van der Waals surface area contributed by atoms with Crippen LogP contribution in [0.1, 0.15) is 33.3 Å². The molecule has 0 amide bonds. The molecule has 0 radical (unpaired) electrons. The van der Waals surface area contributed by atoms with Gasteiger partial charge in [-0.3, -0.25) is 9.88 Å². The molecule has 3 rings (SSSR count). The van der Waals surface area contributed by atoms with E-state index < -0.39 is 0 Å².